The van der Waals surface area contributed by atoms with E-state index in [1.54, 1.807) is 29.6 Å². The molecule has 1 heterocycles. The predicted octanol–water partition coefficient (Wildman–Crippen LogP) is 4.52. The van der Waals surface area contributed by atoms with Crippen molar-refractivity contribution >= 4 is 11.5 Å². The molecule has 1 aliphatic carbocycles. The normalized spacial score (nSPS) is 16.1. The third-order valence-electron chi connectivity index (χ3n) is 3.86. The number of hydrogen-bond acceptors (Lipinski definition) is 3. The lowest BCUT2D eigenvalue weighted by Crippen LogP contribution is -1.98. The van der Waals surface area contributed by atoms with Gasteiger partial charge in [0.05, 0.1) is 5.69 Å². The number of hydrogen-bond donors (Lipinski definition) is 1. The molecule has 3 rings (SSSR count). The van der Waals surface area contributed by atoms with E-state index in [1.807, 2.05) is 12.1 Å². The first-order valence-corrected chi connectivity index (χ1v) is 7.59. The largest absolute Gasteiger partial charge is 0.508 e. The molecular formula is C16H18NOS. The van der Waals surface area contributed by atoms with Crippen LogP contribution in [0.4, 0.5) is 0 Å². The van der Waals surface area contributed by atoms with Crippen molar-refractivity contribution in [2.45, 2.75) is 39.0 Å². The van der Waals surface area contributed by atoms with Gasteiger partial charge < -0.3 is 5.11 Å². The molecular weight excluding hydrogens is 254 g/mol. The van der Waals surface area contributed by atoms with Crippen LogP contribution in [-0.2, 0) is 6.42 Å². The highest BCUT2D eigenvalue weighted by Gasteiger charge is 2.21. The van der Waals surface area contributed by atoms with E-state index < -0.39 is 0 Å². The van der Waals surface area contributed by atoms with Gasteiger partial charge in [-0.3, -0.25) is 0 Å². The molecule has 1 aliphatic rings. The molecule has 0 bridgehead atoms. The van der Waals surface area contributed by atoms with Gasteiger partial charge in [-0.1, -0.05) is 12.8 Å². The number of rotatable bonds is 3. The second-order valence-corrected chi connectivity index (χ2v) is 6.22. The summed E-state index contributed by atoms with van der Waals surface area (Å²) < 4.78 is 4.60. The molecule has 0 atom stereocenters. The molecule has 1 fully saturated rings. The maximum Gasteiger partial charge on any atom is 0.115 e. The van der Waals surface area contributed by atoms with E-state index in [1.165, 1.54) is 36.1 Å². The number of aromatic nitrogens is 1. The smallest absolute Gasteiger partial charge is 0.115 e. The first kappa shape index (κ1) is 12.7. The Morgan fingerprint density at radius 3 is 2.53 bits per heavy atom. The SMILES string of the molecule is Cc1snc(-c2ccc(O)cc2)c1C[C]1CCCC1. The Hall–Kier alpha value is -1.35. The summed E-state index contributed by atoms with van der Waals surface area (Å²) in [6, 6.07) is 7.37. The van der Waals surface area contributed by atoms with Crippen molar-refractivity contribution in [2.75, 3.05) is 0 Å². The lowest BCUT2D eigenvalue weighted by molar-refractivity contribution is 0.475. The Bertz CT molecular complexity index is 553. The maximum absolute atomic E-state index is 9.39. The van der Waals surface area contributed by atoms with Crippen LogP contribution < -0.4 is 0 Å². The van der Waals surface area contributed by atoms with Crippen molar-refractivity contribution in [3.8, 4) is 17.0 Å². The Balaban J connectivity index is 1.91. The molecule has 0 saturated heterocycles. The molecule has 1 aromatic carbocycles. The van der Waals surface area contributed by atoms with E-state index in [-0.39, 0.29) is 0 Å². The van der Waals surface area contributed by atoms with E-state index >= 15 is 0 Å². The van der Waals surface area contributed by atoms with E-state index in [4.69, 9.17) is 0 Å². The molecule has 0 spiro atoms. The van der Waals surface area contributed by atoms with Crippen LogP contribution in [0.3, 0.4) is 0 Å². The van der Waals surface area contributed by atoms with Gasteiger partial charge in [-0.15, -0.1) is 0 Å². The number of phenolic OH excluding ortho intramolecular Hbond substituents is 1. The van der Waals surface area contributed by atoms with Gasteiger partial charge in [-0.05, 0) is 73.5 Å². The van der Waals surface area contributed by atoms with E-state index in [9.17, 15) is 5.11 Å². The average molecular weight is 272 g/mol. The third-order valence-corrected chi connectivity index (χ3v) is 4.66. The Kier molecular flexibility index (Phi) is 3.56. The van der Waals surface area contributed by atoms with Gasteiger partial charge in [-0.25, -0.2) is 0 Å². The number of aromatic hydroxyl groups is 1. The molecule has 0 unspecified atom stereocenters. The lowest BCUT2D eigenvalue weighted by Gasteiger charge is -2.10. The molecule has 1 aromatic heterocycles. The fraction of sp³-hybridized carbons (Fsp3) is 0.375. The van der Waals surface area contributed by atoms with Gasteiger partial charge in [0.15, 0.2) is 0 Å². The van der Waals surface area contributed by atoms with Crippen molar-refractivity contribution < 1.29 is 5.11 Å². The van der Waals surface area contributed by atoms with Crippen molar-refractivity contribution in [1.29, 1.82) is 0 Å². The second kappa shape index (κ2) is 5.33. The first-order chi connectivity index (χ1) is 9.24. The Morgan fingerprint density at radius 1 is 1.16 bits per heavy atom. The van der Waals surface area contributed by atoms with Gasteiger partial charge in [-0.2, -0.15) is 4.37 Å². The van der Waals surface area contributed by atoms with Crippen LogP contribution in [-0.4, -0.2) is 9.48 Å². The summed E-state index contributed by atoms with van der Waals surface area (Å²) in [6.45, 7) is 2.16. The fourth-order valence-corrected chi connectivity index (χ4v) is 3.47. The van der Waals surface area contributed by atoms with Crippen LogP contribution in [0.2, 0.25) is 0 Å². The minimum atomic E-state index is 0.308. The molecule has 0 amide bonds. The van der Waals surface area contributed by atoms with E-state index in [0.717, 1.165) is 17.7 Å². The molecule has 2 aromatic rings. The third kappa shape index (κ3) is 2.66. The molecule has 2 nitrogen and oxygen atoms in total. The van der Waals surface area contributed by atoms with E-state index in [2.05, 4.69) is 11.3 Å². The molecule has 1 saturated carbocycles. The highest BCUT2D eigenvalue weighted by molar-refractivity contribution is 7.06. The molecule has 0 aliphatic heterocycles. The quantitative estimate of drug-likeness (QED) is 0.891. The van der Waals surface area contributed by atoms with Crippen LogP contribution in [0.5, 0.6) is 5.75 Å². The van der Waals surface area contributed by atoms with Crippen LogP contribution in [0.25, 0.3) is 11.3 Å². The van der Waals surface area contributed by atoms with Gasteiger partial charge in [0.1, 0.15) is 5.75 Å². The monoisotopic (exact) mass is 272 g/mol. The van der Waals surface area contributed by atoms with Crippen LogP contribution in [0, 0.1) is 12.8 Å². The van der Waals surface area contributed by atoms with Crippen molar-refractivity contribution in [3.05, 3.63) is 40.6 Å². The summed E-state index contributed by atoms with van der Waals surface area (Å²) in [6.07, 6.45) is 6.34. The highest BCUT2D eigenvalue weighted by Crippen LogP contribution is 2.36. The van der Waals surface area contributed by atoms with Gasteiger partial charge in [0, 0.05) is 10.4 Å². The summed E-state index contributed by atoms with van der Waals surface area (Å²) in [7, 11) is 0. The molecule has 99 valence electrons. The zero-order valence-corrected chi connectivity index (χ0v) is 12.0. The zero-order valence-electron chi connectivity index (χ0n) is 11.1. The maximum atomic E-state index is 9.39. The lowest BCUT2D eigenvalue weighted by atomic mass is 9.95. The second-order valence-electron chi connectivity index (χ2n) is 5.25. The van der Waals surface area contributed by atoms with Crippen LogP contribution >= 0.6 is 11.5 Å². The van der Waals surface area contributed by atoms with Gasteiger partial charge >= 0.3 is 0 Å². The number of aryl methyl sites for hydroxylation is 1. The minimum Gasteiger partial charge on any atom is -0.508 e. The topological polar surface area (TPSA) is 33.1 Å². The number of phenols is 1. The minimum absolute atomic E-state index is 0.308. The van der Waals surface area contributed by atoms with Crippen molar-refractivity contribution in [1.82, 2.24) is 4.37 Å². The fourth-order valence-electron chi connectivity index (χ4n) is 2.75. The number of benzene rings is 1. The van der Waals surface area contributed by atoms with Gasteiger partial charge in [0.25, 0.3) is 0 Å². The average Bonchev–Trinajstić information content (AvgIpc) is 3.03. The summed E-state index contributed by atoms with van der Waals surface area (Å²) in [5, 5.41) is 9.39. The van der Waals surface area contributed by atoms with Crippen molar-refractivity contribution in [3.63, 3.8) is 0 Å². The Morgan fingerprint density at radius 2 is 1.84 bits per heavy atom. The zero-order chi connectivity index (χ0) is 13.2. The van der Waals surface area contributed by atoms with Gasteiger partial charge in [0.2, 0.25) is 0 Å². The standard InChI is InChI=1S/C16H18NOS/c1-11-15(10-12-4-2-3-5-12)16(17-19-11)13-6-8-14(18)9-7-13/h6-9,18H,2-5,10H2,1H3. The molecule has 19 heavy (non-hydrogen) atoms. The highest BCUT2D eigenvalue weighted by atomic mass is 32.1. The summed E-state index contributed by atoms with van der Waals surface area (Å²) in [5.41, 5.74) is 3.59. The molecule has 1 radical (unpaired) electrons. The van der Waals surface area contributed by atoms with Crippen LogP contribution in [0.1, 0.15) is 36.1 Å². The first-order valence-electron chi connectivity index (χ1n) is 6.82. The molecule has 1 N–H and O–H groups in total. The Labute approximate surface area is 118 Å². The summed E-state index contributed by atoms with van der Waals surface area (Å²) >= 11 is 1.59. The number of nitrogens with zero attached hydrogens (tertiary/aromatic N) is 1. The predicted molar refractivity (Wildman–Crippen MR) is 79.4 cm³/mol. The summed E-state index contributed by atoms with van der Waals surface area (Å²) in [5.74, 6) is 1.98. The van der Waals surface area contributed by atoms with E-state index in [0.29, 0.717) is 5.75 Å². The molecule has 3 heteroatoms. The summed E-state index contributed by atoms with van der Waals surface area (Å²) in [4.78, 5) is 1.32. The van der Waals surface area contributed by atoms with Crippen LogP contribution in [0.15, 0.2) is 24.3 Å². The van der Waals surface area contributed by atoms with Crippen molar-refractivity contribution in [2.24, 2.45) is 0 Å².